The van der Waals surface area contributed by atoms with E-state index < -0.39 is 11.9 Å². The minimum Gasteiger partial charge on any atom is -0.496 e. The zero-order valence-corrected chi connectivity index (χ0v) is 10.3. The monoisotopic (exact) mass is 242 g/mol. The van der Waals surface area contributed by atoms with Crippen LogP contribution in [0.1, 0.15) is 25.3 Å². The number of methoxy groups -OCH3 is 1. The maximum absolute atomic E-state index is 11.2. The summed E-state index contributed by atoms with van der Waals surface area (Å²) >= 11 is 6.05. The number of carboxylic acid groups (broad SMARTS) is 1. The standard InChI is InChI=1S/C12H15ClO3/c1-7(2)10(12(14)15)11-8(13)5-4-6-9(11)16-3/h4-7,10H,1-3H3,(H,14,15). The van der Waals surface area contributed by atoms with Gasteiger partial charge in [-0.15, -0.1) is 0 Å². The van der Waals surface area contributed by atoms with Crippen LogP contribution >= 0.6 is 11.6 Å². The molecule has 1 N–H and O–H groups in total. The third-order valence-electron chi connectivity index (χ3n) is 2.48. The lowest BCUT2D eigenvalue weighted by Gasteiger charge is -2.20. The van der Waals surface area contributed by atoms with Crippen molar-refractivity contribution in [1.82, 2.24) is 0 Å². The second-order valence-electron chi connectivity index (χ2n) is 3.92. The molecular weight excluding hydrogens is 228 g/mol. The summed E-state index contributed by atoms with van der Waals surface area (Å²) in [6, 6.07) is 5.14. The Labute approximate surface area is 100.0 Å². The summed E-state index contributed by atoms with van der Waals surface area (Å²) in [4.78, 5) is 11.2. The highest BCUT2D eigenvalue weighted by molar-refractivity contribution is 6.31. The largest absolute Gasteiger partial charge is 0.496 e. The van der Waals surface area contributed by atoms with Crippen LogP contribution in [0.4, 0.5) is 0 Å². The number of benzene rings is 1. The number of halogens is 1. The van der Waals surface area contributed by atoms with E-state index in [0.29, 0.717) is 16.3 Å². The number of ether oxygens (including phenoxy) is 1. The zero-order valence-electron chi connectivity index (χ0n) is 9.53. The van der Waals surface area contributed by atoms with E-state index >= 15 is 0 Å². The highest BCUT2D eigenvalue weighted by Gasteiger charge is 2.28. The van der Waals surface area contributed by atoms with Gasteiger partial charge >= 0.3 is 5.97 Å². The van der Waals surface area contributed by atoms with Crippen molar-refractivity contribution >= 4 is 17.6 Å². The van der Waals surface area contributed by atoms with E-state index in [0.717, 1.165) is 0 Å². The van der Waals surface area contributed by atoms with Crippen molar-refractivity contribution in [3.63, 3.8) is 0 Å². The van der Waals surface area contributed by atoms with Crippen LogP contribution in [-0.2, 0) is 4.79 Å². The van der Waals surface area contributed by atoms with Crippen LogP contribution in [0.25, 0.3) is 0 Å². The molecule has 0 fully saturated rings. The molecule has 0 saturated heterocycles. The summed E-state index contributed by atoms with van der Waals surface area (Å²) in [5.41, 5.74) is 0.550. The van der Waals surface area contributed by atoms with E-state index in [-0.39, 0.29) is 5.92 Å². The minimum atomic E-state index is -0.888. The molecule has 16 heavy (non-hydrogen) atoms. The van der Waals surface area contributed by atoms with Crippen LogP contribution in [0.5, 0.6) is 5.75 Å². The Kier molecular flexibility index (Phi) is 4.19. The van der Waals surface area contributed by atoms with Gasteiger partial charge in [0, 0.05) is 10.6 Å². The predicted molar refractivity (Wildman–Crippen MR) is 63.2 cm³/mol. The van der Waals surface area contributed by atoms with Crippen molar-refractivity contribution in [2.75, 3.05) is 7.11 Å². The SMILES string of the molecule is COc1cccc(Cl)c1C(C(=O)O)C(C)C. The molecule has 1 aromatic carbocycles. The topological polar surface area (TPSA) is 46.5 Å². The van der Waals surface area contributed by atoms with Gasteiger partial charge in [-0.1, -0.05) is 31.5 Å². The average molecular weight is 243 g/mol. The predicted octanol–water partition coefficient (Wildman–Crippen LogP) is 3.17. The fourth-order valence-electron chi connectivity index (χ4n) is 1.74. The minimum absolute atomic E-state index is 0.0497. The molecule has 0 aromatic heterocycles. The number of rotatable bonds is 4. The van der Waals surface area contributed by atoms with Crippen LogP contribution in [0.3, 0.4) is 0 Å². The summed E-state index contributed by atoms with van der Waals surface area (Å²) in [6.45, 7) is 3.70. The first kappa shape index (κ1) is 12.8. The number of carbonyl (C=O) groups is 1. The molecule has 3 nitrogen and oxygen atoms in total. The third kappa shape index (κ3) is 2.47. The average Bonchev–Trinajstić information content (AvgIpc) is 2.19. The van der Waals surface area contributed by atoms with Crippen molar-refractivity contribution in [2.45, 2.75) is 19.8 Å². The molecule has 0 amide bonds. The second-order valence-corrected chi connectivity index (χ2v) is 4.32. The van der Waals surface area contributed by atoms with Crippen molar-refractivity contribution in [1.29, 1.82) is 0 Å². The second kappa shape index (κ2) is 5.21. The van der Waals surface area contributed by atoms with Crippen LogP contribution in [0.15, 0.2) is 18.2 Å². The molecule has 0 radical (unpaired) electrons. The van der Waals surface area contributed by atoms with E-state index in [9.17, 15) is 9.90 Å². The van der Waals surface area contributed by atoms with Gasteiger partial charge in [0.15, 0.2) is 0 Å². The number of hydrogen-bond acceptors (Lipinski definition) is 2. The zero-order chi connectivity index (χ0) is 12.3. The van der Waals surface area contributed by atoms with Gasteiger partial charge in [-0.2, -0.15) is 0 Å². The first-order chi connectivity index (χ1) is 7.49. The fourth-order valence-corrected chi connectivity index (χ4v) is 2.02. The number of carboxylic acids is 1. The van der Waals surface area contributed by atoms with E-state index in [4.69, 9.17) is 16.3 Å². The Hall–Kier alpha value is -1.22. The summed E-state index contributed by atoms with van der Waals surface area (Å²) in [6.07, 6.45) is 0. The quantitative estimate of drug-likeness (QED) is 0.882. The van der Waals surface area contributed by atoms with Crippen LogP contribution in [0.2, 0.25) is 5.02 Å². The lowest BCUT2D eigenvalue weighted by molar-refractivity contribution is -0.139. The first-order valence-corrected chi connectivity index (χ1v) is 5.42. The molecule has 1 rings (SSSR count). The molecule has 0 aliphatic carbocycles. The van der Waals surface area contributed by atoms with Gasteiger partial charge in [0.2, 0.25) is 0 Å². The van der Waals surface area contributed by atoms with Crippen molar-refractivity contribution < 1.29 is 14.6 Å². The van der Waals surface area contributed by atoms with Gasteiger partial charge in [0.25, 0.3) is 0 Å². The molecule has 1 aromatic rings. The van der Waals surface area contributed by atoms with Crippen LogP contribution < -0.4 is 4.74 Å². The Morgan fingerprint density at radius 3 is 2.50 bits per heavy atom. The molecule has 4 heteroatoms. The lowest BCUT2D eigenvalue weighted by Crippen LogP contribution is -2.18. The maximum atomic E-state index is 11.2. The van der Waals surface area contributed by atoms with Gasteiger partial charge in [-0.05, 0) is 18.1 Å². The highest BCUT2D eigenvalue weighted by Crippen LogP contribution is 2.37. The van der Waals surface area contributed by atoms with Crippen molar-refractivity contribution in [3.05, 3.63) is 28.8 Å². The fraction of sp³-hybridized carbons (Fsp3) is 0.417. The molecule has 88 valence electrons. The summed E-state index contributed by atoms with van der Waals surface area (Å²) in [7, 11) is 1.51. The smallest absolute Gasteiger partial charge is 0.311 e. The Balaban J connectivity index is 3.33. The molecule has 1 unspecified atom stereocenters. The normalized spacial score (nSPS) is 12.6. The first-order valence-electron chi connectivity index (χ1n) is 5.04. The highest BCUT2D eigenvalue weighted by atomic mass is 35.5. The number of aliphatic carboxylic acids is 1. The molecule has 1 atom stereocenters. The molecule has 0 spiro atoms. The number of hydrogen-bond donors (Lipinski definition) is 1. The Morgan fingerprint density at radius 2 is 2.06 bits per heavy atom. The van der Waals surface area contributed by atoms with Crippen molar-refractivity contribution in [3.8, 4) is 5.75 Å². The van der Waals surface area contributed by atoms with Gasteiger partial charge in [-0.25, -0.2) is 0 Å². The molecule has 0 bridgehead atoms. The molecular formula is C12H15ClO3. The molecule has 0 aliphatic rings. The Bertz CT molecular complexity index is 388. The van der Waals surface area contributed by atoms with Gasteiger partial charge in [0.1, 0.15) is 5.75 Å². The summed E-state index contributed by atoms with van der Waals surface area (Å²) < 4.78 is 5.16. The van der Waals surface area contributed by atoms with Gasteiger partial charge in [-0.3, -0.25) is 4.79 Å². The van der Waals surface area contributed by atoms with E-state index in [1.54, 1.807) is 18.2 Å². The summed E-state index contributed by atoms with van der Waals surface area (Å²) in [5.74, 6) is -1.06. The van der Waals surface area contributed by atoms with Crippen LogP contribution in [0, 0.1) is 5.92 Å². The maximum Gasteiger partial charge on any atom is 0.311 e. The van der Waals surface area contributed by atoms with Gasteiger partial charge < -0.3 is 9.84 Å². The molecule has 0 heterocycles. The molecule has 0 saturated carbocycles. The van der Waals surface area contributed by atoms with Gasteiger partial charge in [0.05, 0.1) is 13.0 Å². The van der Waals surface area contributed by atoms with E-state index in [2.05, 4.69) is 0 Å². The van der Waals surface area contributed by atoms with Crippen molar-refractivity contribution in [2.24, 2.45) is 5.92 Å². The third-order valence-corrected chi connectivity index (χ3v) is 2.81. The molecule has 0 aliphatic heterocycles. The Morgan fingerprint density at radius 1 is 1.44 bits per heavy atom. The lowest BCUT2D eigenvalue weighted by atomic mass is 9.88. The van der Waals surface area contributed by atoms with E-state index in [1.807, 2.05) is 13.8 Å². The van der Waals surface area contributed by atoms with Crippen LogP contribution in [-0.4, -0.2) is 18.2 Å². The van der Waals surface area contributed by atoms with E-state index in [1.165, 1.54) is 7.11 Å². The summed E-state index contributed by atoms with van der Waals surface area (Å²) in [5, 5.41) is 9.66.